The normalized spacial score (nSPS) is 20.4. The highest BCUT2D eigenvalue weighted by Crippen LogP contribution is 2.33. The first kappa shape index (κ1) is 16.7. The third-order valence-corrected chi connectivity index (χ3v) is 5.47. The molecule has 8 heteroatoms. The van der Waals surface area contributed by atoms with Gasteiger partial charge in [-0.25, -0.2) is 12.7 Å². The Kier molecular flexibility index (Phi) is 5.24. The van der Waals surface area contributed by atoms with Crippen molar-refractivity contribution in [2.75, 3.05) is 31.7 Å². The average Bonchev–Trinajstić information content (AvgIpc) is 2.41. The van der Waals surface area contributed by atoms with Crippen LogP contribution >= 0.6 is 23.2 Å². The van der Waals surface area contributed by atoms with E-state index in [1.165, 1.54) is 10.6 Å². The van der Waals surface area contributed by atoms with Crippen molar-refractivity contribution in [3.05, 3.63) is 22.2 Å². The number of halogens is 2. The molecular formula is C13H18Cl2N2O3S. The van der Waals surface area contributed by atoms with Gasteiger partial charge in [0.2, 0.25) is 10.0 Å². The maximum atomic E-state index is 11.6. The first-order valence-corrected chi connectivity index (χ1v) is 9.20. The highest BCUT2D eigenvalue weighted by molar-refractivity contribution is 7.88. The molecule has 2 rings (SSSR count). The Labute approximate surface area is 135 Å². The van der Waals surface area contributed by atoms with Crippen LogP contribution in [0.15, 0.2) is 12.1 Å². The van der Waals surface area contributed by atoms with Gasteiger partial charge in [-0.2, -0.15) is 0 Å². The van der Waals surface area contributed by atoms with Crippen LogP contribution in [-0.2, 0) is 10.0 Å². The molecule has 0 radical (unpaired) electrons. The van der Waals surface area contributed by atoms with E-state index in [0.29, 0.717) is 41.2 Å². The lowest BCUT2D eigenvalue weighted by atomic mass is 10.0. The van der Waals surface area contributed by atoms with Crippen molar-refractivity contribution in [3.8, 4) is 5.75 Å². The Morgan fingerprint density at radius 2 is 2.05 bits per heavy atom. The van der Waals surface area contributed by atoms with Gasteiger partial charge in [0.15, 0.2) is 0 Å². The standard InChI is InChI=1S/C13H18Cl2N2O3S/c1-21(18,19)17-4-2-3-9(7-17)8-20-13-6-11(15)10(14)5-12(13)16/h5-6,9H,2-4,7-8,16H2,1H3. The van der Waals surface area contributed by atoms with Gasteiger partial charge in [0.25, 0.3) is 0 Å². The van der Waals surface area contributed by atoms with Gasteiger partial charge < -0.3 is 10.5 Å². The number of rotatable bonds is 4. The summed E-state index contributed by atoms with van der Waals surface area (Å²) in [6.07, 6.45) is 2.98. The second-order valence-corrected chi connectivity index (χ2v) is 8.04. The van der Waals surface area contributed by atoms with Gasteiger partial charge in [-0.05, 0) is 18.9 Å². The van der Waals surface area contributed by atoms with Gasteiger partial charge in [0.05, 0.1) is 28.6 Å². The van der Waals surface area contributed by atoms with Crippen molar-refractivity contribution in [2.45, 2.75) is 12.8 Å². The molecule has 1 aliphatic heterocycles. The second-order valence-electron chi connectivity index (χ2n) is 5.24. The fraction of sp³-hybridized carbons (Fsp3) is 0.538. The monoisotopic (exact) mass is 352 g/mol. The van der Waals surface area contributed by atoms with Crippen LogP contribution < -0.4 is 10.5 Å². The molecule has 5 nitrogen and oxygen atoms in total. The first-order valence-electron chi connectivity index (χ1n) is 6.60. The quantitative estimate of drug-likeness (QED) is 0.845. The summed E-state index contributed by atoms with van der Waals surface area (Å²) in [6.45, 7) is 1.44. The van der Waals surface area contributed by atoms with E-state index in [1.54, 1.807) is 12.1 Å². The van der Waals surface area contributed by atoms with Crippen molar-refractivity contribution >= 4 is 38.9 Å². The number of nitrogen functional groups attached to an aromatic ring is 1. The minimum absolute atomic E-state index is 0.141. The van der Waals surface area contributed by atoms with Crippen LogP contribution in [0.5, 0.6) is 5.75 Å². The number of hydrogen-bond acceptors (Lipinski definition) is 4. The zero-order chi connectivity index (χ0) is 15.6. The minimum atomic E-state index is -3.15. The van der Waals surface area contributed by atoms with Crippen LogP contribution in [0.25, 0.3) is 0 Å². The molecule has 0 aromatic heterocycles. The number of nitrogens with two attached hydrogens (primary N) is 1. The maximum Gasteiger partial charge on any atom is 0.211 e. The number of sulfonamides is 1. The molecule has 0 aliphatic carbocycles. The third-order valence-electron chi connectivity index (χ3n) is 3.48. The van der Waals surface area contributed by atoms with Gasteiger partial charge in [-0.15, -0.1) is 0 Å². The maximum absolute atomic E-state index is 11.6. The van der Waals surface area contributed by atoms with Gasteiger partial charge in [-0.1, -0.05) is 23.2 Å². The van der Waals surface area contributed by atoms with E-state index in [-0.39, 0.29) is 5.92 Å². The molecule has 1 unspecified atom stereocenters. The van der Waals surface area contributed by atoms with E-state index in [4.69, 9.17) is 33.7 Å². The molecular weight excluding hydrogens is 335 g/mol. The van der Waals surface area contributed by atoms with Crippen molar-refractivity contribution in [2.24, 2.45) is 5.92 Å². The average molecular weight is 353 g/mol. The van der Waals surface area contributed by atoms with Crippen molar-refractivity contribution < 1.29 is 13.2 Å². The number of piperidine rings is 1. The third kappa shape index (κ3) is 4.39. The number of ether oxygens (including phenoxy) is 1. The molecule has 1 atom stereocenters. The number of anilines is 1. The Hall–Kier alpha value is -0.690. The Morgan fingerprint density at radius 1 is 1.38 bits per heavy atom. The van der Waals surface area contributed by atoms with Crippen LogP contribution in [0.3, 0.4) is 0 Å². The largest absolute Gasteiger partial charge is 0.491 e. The summed E-state index contributed by atoms with van der Waals surface area (Å²) in [5.41, 5.74) is 6.24. The van der Waals surface area contributed by atoms with Crippen LogP contribution in [0, 0.1) is 5.92 Å². The van der Waals surface area contributed by atoms with Crippen LogP contribution in [0.1, 0.15) is 12.8 Å². The lowest BCUT2D eigenvalue weighted by molar-refractivity contribution is 0.181. The Balaban J connectivity index is 1.98. The Bertz CT molecular complexity index is 622. The fourth-order valence-electron chi connectivity index (χ4n) is 2.34. The summed E-state index contributed by atoms with van der Waals surface area (Å²) in [4.78, 5) is 0. The zero-order valence-corrected chi connectivity index (χ0v) is 14.0. The van der Waals surface area contributed by atoms with E-state index >= 15 is 0 Å². The number of hydrogen-bond donors (Lipinski definition) is 1. The fourth-order valence-corrected chi connectivity index (χ4v) is 3.61. The predicted molar refractivity (Wildman–Crippen MR) is 85.5 cm³/mol. The van der Waals surface area contributed by atoms with Crippen molar-refractivity contribution in [1.82, 2.24) is 4.31 Å². The summed E-state index contributed by atoms with van der Waals surface area (Å²) >= 11 is 11.8. The van der Waals surface area contributed by atoms with Gasteiger partial charge in [0.1, 0.15) is 5.75 Å². The predicted octanol–water partition coefficient (Wildman–Crippen LogP) is 2.63. The van der Waals surface area contributed by atoms with Crippen molar-refractivity contribution in [3.63, 3.8) is 0 Å². The molecule has 21 heavy (non-hydrogen) atoms. The highest BCUT2D eigenvalue weighted by atomic mass is 35.5. The molecule has 0 spiro atoms. The Morgan fingerprint density at radius 3 is 2.71 bits per heavy atom. The molecule has 0 bridgehead atoms. The molecule has 118 valence electrons. The first-order chi connectivity index (χ1) is 9.77. The molecule has 1 fully saturated rings. The van der Waals surface area contributed by atoms with Crippen molar-refractivity contribution in [1.29, 1.82) is 0 Å². The molecule has 1 heterocycles. The summed E-state index contributed by atoms with van der Waals surface area (Å²) in [7, 11) is -3.15. The molecule has 1 aliphatic rings. The molecule has 1 aromatic carbocycles. The molecule has 2 N–H and O–H groups in total. The van der Waals surface area contributed by atoms with E-state index in [0.717, 1.165) is 12.8 Å². The smallest absolute Gasteiger partial charge is 0.211 e. The summed E-state index contributed by atoms with van der Waals surface area (Å²) in [6, 6.07) is 3.12. The lowest BCUT2D eigenvalue weighted by Gasteiger charge is -2.30. The lowest BCUT2D eigenvalue weighted by Crippen LogP contribution is -2.40. The van der Waals surface area contributed by atoms with E-state index in [2.05, 4.69) is 0 Å². The van der Waals surface area contributed by atoms with E-state index < -0.39 is 10.0 Å². The van der Waals surface area contributed by atoms with Crippen LogP contribution in [0.4, 0.5) is 5.69 Å². The summed E-state index contributed by atoms with van der Waals surface area (Å²) < 4.78 is 30.3. The highest BCUT2D eigenvalue weighted by Gasteiger charge is 2.26. The van der Waals surface area contributed by atoms with Gasteiger partial charge in [-0.3, -0.25) is 0 Å². The van der Waals surface area contributed by atoms with E-state index in [1.807, 2.05) is 0 Å². The summed E-state index contributed by atoms with van der Waals surface area (Å²) in [5.74, 6) is 0.614. The van der Waals surface area contributed by atoms with Gasteiger partial charge in [0, 0.05) is 25.1 Å². The SMILES string of the molecule is CS(=O)(=O)N1CCCC(COc2cc(Cl)c(Cl)cc2N)C1. The summed E-state index contributed by atoms with van der Waals surface area (Å²) in [5, 5.41) is 0.754. The van der Waals surface area contributed by atoms with Crippen LogP contribution in [-0.4, -0.2) is 38.7 Å². The van der Waals surface area contributed by atoms with Gasteiger partial charge >= 0.3 is 0 Å². The number of nitrogens with zero attached hydrogens (tertiary/aromatic N) is 1. The zero-order valence-electron chi connectivity index (χ0n) is 11.7. The topological polar surface area (TPSA) is 72.6 Å². The molecule has 0 saturated carbocycles. The minimum Gasteiger partial charge on any atom is -0.491 e. The second kappa shape index (κ2) is 6.60. The van der Waals surface area contributed by atoms with E-state index in [9.17, 15) is 8.42 Å². The number of benzene rings is 1. The van der Waals surface area contributed by atoms with Crippen LogP contribution in [0.2, 0.25) is 10.0 Å². The molecule has 0 amide bonds. The molecule has 1 saturated heterocycles. The molecule has 1 aromatic rings.